The molecule has 0 N–H and O–H groups in total. The topological polar surface area (TPSA) is 17.1 Å². The summed E-state index contributed by atoms with van der Waals surface area (Å²) in [5.74, 6) is -4.92. The highest BCUT2D eigenvalue weighted by atomic mass is 79.9. The van der Waals surface area contributed by atoms with E-state index >= 15 is 0 Å². The van der Waals surface area contributed by atoms with Crippen LogP contribution in [0.4, 0.5) is 22.0 Å². The van der Waals surface area contributed by atoms with Crippen molar-refractivity contribution < 1.29 is 26.7 Å². The average molecular weight is 323 g/mol. The molecule has 0 aromatic carbocycles. The van der Waals surface area contributed by atoms with E-state index in [1.807, 2.05) is 0 Å². The van der Waals surface area contributed by atoms with Crippen molar-refractivity contribution in [3.8, 4) is 0 Å². The lowest BCUT2D eigenvalue weighted by Gasteiger charge is -2.17. The largest absolute Gasteiger partial charge is 0.458 e. The predicted octanol–water partition coefficient (Wildman–Crippen LogP) is 4.11. The van der Waals surface area contributed by atoms with Crippen molar-refractivity contribution in [2.45, 2.75) is 17.4 Å². The van der Waals surface area contributed by atoms with Gasteiger partial charge in [0.05, 0.1) is 9.75 Å². The normalized spacial score (nSPS) is 12.9. The van der Waals surface area contributed by atoms with Crippen molar-refractivity contribution in [3.05, 3.63) is 21.4 Å². The third-order valence-corrected chi connectivity index (χ3v) is 3.53. The summed E-state index contributed by atoms with van der Waals surface area (Å²) >= 11 is 3.05. The third kappa shape index (κ3) is 2.27. The molecule has 0 unspecified atom stereocenters. The van der Waals surface area contributed by atoms with E-state index in [0.29, 0.717) is 6.07 Å². The molecule has 0 bridgehead atoms. The lowest BCUT2D eigenvalue weighted by molar-refractivity contribution is -0.287. The number of carbonyl (C=O) groups excluding carboxylic acids is 1. The van der Waals surface area contributed by atoms with Crippen molar-refractivity contribution in [3.63, 3.8) is 0 Å². The summed E-state index contributed by atoms with van der Waals surface area (Å²) in [6, 6.07) is 0.691. The monoisotopic (exact) mass is 322 g/mol. The second kappa shape index (κ2) is 4.40. The van der Waals surface area contributed by atoms with E-state index < -0.39 is 17.0 Å². The van der Waals surface area contributed by atoms with Gasteiger partial charge < -0.3 is 0 Å². The van der Waals surface area contributed by atoms with Crippen LogP contribution in [-0.4, -0.2) is 12.5 Å². The minimum Gasteiger partial charge on any atom is -0.297 e. The molecular weight excluding hydrogens is 319 g/mol. The lowest BCUT2D eigenvalue weighted by Crippen LogP contribution is -2.32. The van der Waals surface area contributed by atoms with Gasteiger partial charge in [-0.1, -0.05) is 15.9 Å². The predicted molar refractivity (Wildman–Crippen MR) is 52.3 cm³/mol. The number of aldehydes is 1. The fraction of sp³-hybridized carbons (Fsp3) is 0.375. The van der Waals surface area contributed by atoms with Gasteiger partial charge in [0.1, 0.15) is 0 Å². The van der Waals surface area contributed by atoms with E-state index in [-0.39, 0.29) is 33.4 Å². The number of rotatable bonds is 3. The number of hydrogen-bond donors (Lipinski definition) is 0. The minimum atomic E-state index is -5.65. The molecule has 8 heteroatoms. The highest BCUT2D eigenvalue weighted by Gasteiger charge is 2.59. The number of carbonyl (C=O) groups is 1. The van der Waals surface area contributed by atoms with Crippen molar-refractivity contribution in [1.82, 2.24) is 0 Å². The Morgan fingerprint density at radius 1 is 1.31 bits per heavy atom. The van der Waals surface area contributed by atoms with E-state index in [2.05, 4.69) is 15.9 Å². The van der Waals surface area contributed by atoms with Gasteiger partial charge in [0, 0.05) is 5.33 Å². The Hall–Kier alpha value is -0.500. The van der Waals surface area contributed by atoms with Gasteiger partial charge in [0.25, 0.3) is 0 Å². The number of hydrogen-bond acceptors (Lipinski definition) is 2. The highest BCUT2D eigenvalue weighted by molar-refractivity contribution is 9.08. The van der Waals surface area contributed by atoms with Crippen LogP contribution in [-0.2, 0) is 11.3 Å². The van der Waals surface area contributed by atoms with Crippen LogP contribution in [0.1, 0.15) is 20.1 Å². The molecule has 0 radical (unpaired) electrons. The first-order valence-corrected chi connectivity index (χ1v) is 5.76. The van der Waals surface area contributed by atoms with Gasteiger partial charge in [-0.2, -0.15) is 22.0 Å². The van der Waals surface area contributed by atoms with Crippen LogP contribution in [0.3, 0.4) is 0 Å². The smallest absolute Gasteiger partial charge is 0.297 e. The molecule has 0 saturated carbocycles. The Kier molecular flexibility index (Phi) is 3.73. The van der Waals surface area contributed by atoms with Crippen LogP contribution >= 0.6 is 27.3 Å². The zero-order chi connectivity index (χ0) is 12.6. The van der Waals surface area contributed by atoms with Gasteiger partial charge in [-0.25, -0.2) is 0 Å². The van der Waals surface area contributed by atoms with Gasteiger partial charge in [-0.05, 0) is 11.6 Å². The molecule has 1 heterocycles. The van der Waals surface area contributed by atoms with Crippen LogP contribution in [0, 0.1) is 0 Å². The van der Waals surface area contributed by atoms with Crippen molar-refractivity contribution in [2.24, 2.45) is 0 Å². The van der Waals surface area contributed by atoms with Crippen LogP contribution in [0.2, 0.25) is 0 Å². The fourth-order valence-corrected chi connectivity index (χ4v) is 2.58. The molecule has 0 saturated heterocycles. The van der Waals surface area contributed by atoms with Crippen LogP contribution in [0.25, 0.3) is 0 Å². The molecule has 90 valence electrons. The summed E-state index contributed by atoms with van der Waals surface area (Å²) in [5.41, 5.74) is 0.124. The van der Waals surface area contributed by atoms with Gasteiger partial charge in [-0.15, -0.1) is 11.3 Å². The van der Waals surface area contributed by atoms with Crippen LogP contribution in [0.5, 0.6) is 0 Å². The van der Waals surface area contributed by atoms with Gasteiger partial charge in [0.2, 0.25) is 0 Å². The number of thiophene rings is 1. The summed E-state index contributed by atoms with van der Waals surface area (Å²) in [6.07, 6.45) is -5.39. The fourth-order valence-electron chi connectivity index (χ4n) is 0.941. The zero-order valence-electron chi connectivity index (χ0n) is 7.45. The molecule has 1 nitrogen and oxygen atoms in total. The molecule has 0 fully saturated rings. The van der Waals surface area contributed by atoms with E-state index in [1.165, 1.54) is 0 Å². The Morgan fingerprint density at radius 2 is 1.88 bits per heavy atom. The molecule has 0 spiro atoms. The second-order valence-corrected chi connectivity index (χ2v) is 4.47. The first-order valence-electron chi connectivity index (χ1n) is 3.83. The molecule has 0 aliphatic carbocycles. The Morgan fingerprint density at radius 3 is 2.19 bits per heavy atom. The molecule has 1 aromatic heterocycles. The highest BCUT2D eigenvalue weighted by Crippen LogP contribution is 2.47. The van der Waals surface area contributed by atoms with Gasteiger partial charge in [0.15, 0.2) is 6.29 Å². The maximum Gasteiger partial charge on any atom is 0.458 e. The first-order chi connectivity index (χ1) is 7.24. The standard InChI is InChI=1S/C8H4BrF5OS/c9-2-4-1-6(16-5(4)3-15)7(10,11)8(12,13)14/h1,3H,2H2. The molecule has 16 heavy (non-hydrogen) atoms. The quantitative estimate of drug-likeness (QED) is 0.465. The van der Waals surface area contributed by atoms with Crippen LogP contribution in [0.15, 0.2) is 6.07 Å². The van der Waals surface area contributed by atoms with E-state index in [9.17, 15) is 26.7 Å². The van der Waals surface area contributed by atoms with Crippen molar-refractivity contribution >= 4 is 33.6 Å². The maximum absolute atomic E-state index is 12.9. The molecule has 0 aliphatic heterocycles. The molecule has 0 atom stereocenters. The van der Waals surface area contributed by atoms with E-state index in [0.717, 1.165) is 0 Å². The Labute approximate surface area is 99.4 Å². The number of alkyl halides is 6. The number of halogens is 6. The average Bonchev–Trinajstić information content (AvgIpc) is 2.59. The third-order valence-electron chi connectivity index (χ3n) is 1.76. The summed E-state index contributed by atoms with van der Waals surface area (Å²) < 4.78 is 61.8. The summed E-state index contributed by atoms with van der Waals surface area (Å²) in [5, 5.41) is 0.0471. The lowest BCUT2D eigenvalue weighted by atomic mass is 10.2. The maximum atomic E-state index is 12.9. The Bertz CT molecular complexity index is 398. The summed E-state index contributed by atoms with van der Waals surface area (Å²) in [4.78, 5) is 9.14. The van der Waals surface area contributed by atoms with E-state index in [1.54, 1.807) is 0 Å². The Balaban J connectivity index is 3.24. The molecular formula is C8H4BrF5OS. The second-order valence-electron chi connectivity index (χ2n) is 2.82. The SMILES string of the molecule is O=Cc1sc(C(F)(F)C(F)(F)F)cc1CBr. The van der Waals surface area contributed by atoms with Gasteiger partial charge >= 0.3 is 12.1 Å². The molecule has 1 rings (SSSR count). The molecule has 1 aromatic rings. The van der Waals surface area contributed by atoms with Gasteiger partial charge in [-0.3, -0.25) is 4.79 Å². The zero-order valence-corrected chi connectivity index (χ0v) is 9.85. The molecule has 0 amide bonds. The minimum absolute atomic E-state index is 0.0471. The van der Waals surface area contributed by atoms with Crippen LogP contribution < -0.4 is 0 Å². The van der Waals surface area contributed by atoms with Crippen molar-refractivity contribution in [1.29, 1.82) is 0 Å². The first kappa shape index (κ1) is 13.6. The van der Waals surface area contributed by atoms with Crippen molar-refractivity contribution in [2.75, 3.05) is 0 Å². The molecule has 0 aliphatic rings. The summed E-state index contributed by atoms with van der Waals surface area (Å²) in [6.45, 7) is 0. The summed E-state index contributed by atoms with van der Waals surface area (Å²) in [7, 11) is 0. The van der Waals surface area contributed by atoms with E-state index in [4.69, 9.17) is 0 Å².